The van der Waals surface area contributed by atoms with E-state index in [0.717, 1.165) is 35.2 Å². The van der Waals surface area contributed by atoms with Crippen LogP contribution in [-0.4, -0.2) is 146 Å². The second-order valence-electron chi connectivity index (χ2n) is 17.5. The van der Waals surface area contributed by atoms with Crippen LogP contribution in [0.5, 0.6) is 0 Å². The summed E-state index contributed by atoms with van der Waals surface area (Å²) < 4.78 is 0. The number of nitrogens with two attached hydrogens (primary N) is 2. The first-order chi connectivity index (χ1) is 33.9. The second-order valence-corrected chi connectivity index (χ2v) is 18.5. The van der Waals surface area contributed by atoms with E-state index in [9.17, 15) is 53.7 Å². The molecule has 5 rings (SSSR count). The number of thioether (sulfide) groups is 1. The third kappa shape index (κ3) is 16.4. The van der Waals surface area contributed by atoms with Crippen molar-refractivity contribution < 1.29 is 53.7 Å². The summed E-state index contributed by atoms with van der Waals surface area (Å²) in [6, 6.07) is 12.9. The molecule has 1 aromatic heterocycles. The normalized spacial score (nSPS) is 22.6. The Hall–Kier alpha value is -6.85. The fourth-order valence-electron chi connectivity index (χ4n) is 7.84. The number of para-hydroxylation sites is 1. The van der Waals surface area contributed by atoms with E-state index in [2.05, 4.69) is 42.2 Å². The molecule has 15 N–H and O–H groups in total. The molecule has 3 aromatic carbocycles. The summed E-state index contributed by atoms with van der Waals surface area (Å²) in [6.45, 7) is 2.58. The first-order valence-electron chi connectivity index (χ1n) is 23.3. The van der Waals surface area contributed by atoms with Gasteiger partial charge in [-0.15, -0.1) is 0 Å². The molecule has 71 heavy (non-hydrogen) atoms. The van der Waals surface area contributed by atoms with Gasteiger partial charge in [-0.2, -0.15) is 11.8 Å². The van der Waals surface area contributed by atoms with Gasteiger partial charge in [-0.25, -0.2) is 4.79 Å². The zero-order chi connectivity index (χ0) is 51.6. The minimum atomic E-state index is -1.83. The Labute approximate surface area is 414 Å². The van der Waals surface area contributed by atoms with Crippen molar-refractivity contribution in [3.05, 3.63) is 108 Å². The predicted octanol–water partition coefficient (Wildman–Crippen LogP) is -1.36. The molecule has 2 heterocycles. The van der Waals surface area contributed by atoms with E-state index in [0.29, 0.717) is 24.0 Å². The van der Waals surface area contributed by atoms with Crippen LogP contribution < -0.4 is 48.7 Å². The average Bonchev–Trinajstić information content (AvgIpc) is 3.75. The number of carboxylic acids is 1. The number of aliphatic hydroxyl groups excluding tert-OH is 2. The molecule has 22 heteroatoms. The number of hydrogen-bond acceptors (Lipinski definition) is 13. The maximum absolute atomic E-state index is 14.7. The van der Waals surface area contributed by atoms with Gasteiger partial charge in [-0.1, -0.05) is 78.9 Å². The van der Waals surface area contributed by atoms with Gasteiger partial charge in [0.05, 0.1) is 18.2 Å². The highest BCUT2D eigenvalue weighted by atomic mass is 32.2. The van der Waals surface area contributed by atoms with Crippen LogP contribution in [0.4, 0.5) is 0 Å². The van der Waals surface area contributed by atoms with Crippen molar-refractivity contribution in [1.82, 2.24) is 42.2 Å². The molecule has 1 fully saturated rings. The lowest BCUT2D eigenvalue weighted by molar-refractivity contribution is -0.145. The van der Waals surface area contributed by atoms with Gasteiger partial charge < -0.3 is 69.0 Å². The van der Waals surface area contributed by atoms with Gasteiger partial charge in [0.1, 0.15) is 36.3 Å². The van der Waals surface area contributed by atoms with Crippen molar-refractivity contribution in [1.29, 1.82) is 0 Å². The van der Waals surface area contributed by atoms with Crippen molar-refractivity contribution in [2.45, 2.75) is 113 Å². The lowest BCUT2D eigenvalue weighted by atomic mass is 10.0. The minimum absolute atomic E-state index is 0.00305. The topological polar surface area (TPSA) is 349 Å². The monoisotopic (exact) mass is 1000 g/mol. The number of rotatable bonds is 17. The van der Waals surface area contributed by atoms with Crippen molar-refractivity contribution in [3.8, 4) is 0 Å². The Kier molecular flexibility index (Phi) is 20.9. The van der Waals surface area contributed by atoms with E-state index in [-0.39, 0.29) is 38.0 Å². The van der Waals surface area contributed by atoms with E-state index in [1.54, 1.807) is 72.9 Å². The van der Waals surface area contributed by atoms with Gasteiger partial charge in [0.15, 0.2) is 6.04 Å². The van der Waals surface area contributed by atoms with Crippen LogP contribution in [0.15, 0.2) is 91.1 Å². The zero-order valence-corrected chi connectivity index (χ0v) is 40.3. The molecule has 1 saturated heterocycles. The number of unbranched alkanes of at least 4 members (excludes halogenated alkanes) is 1. The molecule has 0 radical (unpaired) electrons. The van der Waals surface area contributed by atoms with Crippen LogP contribution in [0.1, 0.15) is 49.8 Å². The Morgan fingerprint density at radius 2 is 1.31 bits per heavy atom. The number of carbonyl (C=O) groups is 8. The van der Waals surface area contributed by atoms with Crippen LogP contribution in [0, 0.1) is 0 Å². The smallest absolute Gasteiger partial charge is 0.328 e. The number of benzene rings is 3. The summed E-state index contributed by atoms with van der Waals surface area (Å²) in [5.74, 6) is -8.62. The summed E-state index contributed by atoms with van der Waals surface area (Å²) in [7, 11) is 0. The molecule has 10 atom stereocenters. The maximum atomic E-state index is 14.7. The second kappa shape index (κ2) is 26.9. The maximum Gasteiger partial charge on any atom is 0.328 e. The number of aromatic amines is 1. The Bertz CT molecular complexity index is 2460. The van der Waals surface area contributed by atoms with Gasteiger partial charge in [-0.3, -0.25) is 33.6 Å². The van der Waals surface area contributed by atoms with E-state index >= 15 is 0 Å². The highest BCUT2D eigenvalue weighted by molar-refractivity contribution is 7.99. The van der Waals surface area contributed by atoms with E-state index in [1.165, 1.54) is 6.92 Å². The average molecular weight is 1000 g/mol. The van der Waals surface area contributed by atoms with E-state index in [4.69, 9.17) is 11.5 Å². The largest absolute Gasteiger partial charge is 0.480 e. The van der Waals surface area contributed by atoms with Crippen LogP contribution in [0.2, 0.25) is 0 Å². The number of nitrogens with one attached hydrogen (secondary N) is 8. The third-order valence-corrected chi connectivity index (χ3v) is 12.9. The van der Waals surface area contributed by atoms with Crippen molar-refractivity contribution in [3.63, 3.8) is 0 Å². The van der Waals surface area contributed by atoms with Gasteiger partial charge in [-0.05, 0) is 68.8 Å². The first-order valence-corrected chi connectivity index (χ1v) is 24.5. The highest BCUT2D eigenvalue weighted by Crippen LogP contribution is 2.20. The van der Waals surface area contributed by atoms with Crippen molar-refractivity contribution in [2.24, 2.45) is 11.5 Å². The molecule has 4 aromatic rings. The molecule has 1 aliphatic heterocycles. The van der Waals surface area contributed by atoms with Gasteiger partial charge in [0.2, 0.25) is 41.4 Å². The van der Waals surface area contributed by atoms with Crippen LogP contribution in [-0.2, 0) is 57.6 Å². The summed E-state index contributed by atoms with van der Waals surface area (Å²) in [6.07, 6.45) is -0.839. The summed E-state index contributed by atoms with van der Waals surface area (Å²) in [5, 5.41) is 49.7. The fraction of sp³-hybridized carbons (Fsp3) is 0.429. The molecular weight excluding hydrogens is 937 g/mol. The number of fused-ring (bicyclic) bond motifs is 1. The number of aliphatic carboxylic acids is 1. The van der Waals surface area contributed by atoms with Crippen LogP contribution >= 0.6 is 11.8 Å². The number of carbonyl (C=O) groups excluding carboxylic acids is 7. The summed E-state index contributed by atoms with van der Waals surface area (Å²) in [5.41, 5.74) is 14.8. The zero-order valence-electron chi connectivity index (χ0n) is 39.5. The molecule has 0 saturated carbocycles. The number of amides is 7. The Balaban J connectivity index is 1.59. The van der Waals surface area contributed by atoms with Crippen LogP contribution in [0.3, 0.4) is 0 Å². The molecule has 0 bridgehead atoms. The molecule has 7 amide bonds. The summed E-state index contributed by atoms with van der Waals surface area (Å²) in [4.78, 5) is 115. The molecular formula is C49H64N10O11S. The Morgan fingerprint density at radius 1 is 0.718 bits per heavy atom. The molecule has 3 unspecified atom stereocenters. The fourth-order valence-corrected chi connectivity index (χ4v) is 8.92. The molecule has 0 aliphatic carbocycles. The SMILES string of the molecule is C[C@@H](O)C1NC(=O)[C@H](CCCCN)NC(=O)[C@@H](Cc2c[nH]c3ccccc23)NC(=O)C(Cc2ccccc2)NC(=O)[C@@H](NC(=O)[C@H](N)Cc2ccccc2)CSCC(C(=O)N[C@H](C(=O)O)[C@@H](C)O)NC1=O. The molecule has 0 spiro atoms. The van der Waals surface area contributed by atoms with Crippen molar-refractivity contribution >= 4 is 70.0 Å². The van der Waals surface area contributed by atoms with Crippen molar-refractivity contribution in [2.75, 3.05) is 18.1 Å². The predicted molar refractivity (Wildman–Crippen MR) is 265 cm³/mol. The number of hydrogen-bond donors (Lipinski definition) is 13. The lowest BCUT2D eigenvalue weighted by Crippen LogP contribution is -2.62. The quantitative estimate of drug-likeness (QED) is 0.0544. The standard InChI is InChI=1S/C49H64N10O11S/c1-27(60)40-48(68)57-39(47(67)59-41(28(2)61)49(69)70)26-71-25-38(56-42(62)33(51)21-29-13-5-3-6-14-29)46(66)54-36(22-30-15-7-4-8-16-30)44(64)55-37(23-31-24-52-34-18-10-9-17-32(31)34)45(65)53-35(43(63)58-40)19-11-12-20-50/h3-10,13-18,24,27-28,33,35-41,52,60-61H,11-12,19-23,25-26,50-51H2,1-2H3,(H,53,65)(H,54,66)(H,55,64)(H,56,62)(H,57,68)(H,58,63)(H,59,67)(H,69,70)/t27-,28-,33-,35+,36?,37-,38+,39?,40?,41+/m1/s1. The Morgan fingerprint density at radius 3 is 1.94 bits per heavy atom. The lowest BCUT2D eigenvalue weighted by Gasteiger charge is -2.28. The van der Waals surface area contributed by atoms with Gasteiger partial charge >= 0.3 is 5.97 Å². The van der Waals surface area contributed by atoms with E-state index < -0.39 is 114 Å². The number of aromatic nitrogens is 1. The molecule has 382 valence electrons. The molecule has 21 nitrogen and oxygen atoms in total. The first kappa shape index (κ1) is 55.1. The summed E-state index contributed by atoms with van der Waals surface area (Å²) >= 11 is 0.863. The van der Waals surface area contributed by atoms with Gasteiger partial charge in [0.25, 0.3) is 0 Å². The number of aliphatic hydroxyl groups is 2. The van der Waals surface area contributed by atoms with Crippen LogP contribution in [0.25, 0.3) is 10.9 Å². The van der Waals surface area contributed by atoms with Gasteiger partial charge in [0, 0.05) is 41.4 Å². The molecule has 1 aliphatic rings. The highest BCUT2D eigenvalue weighted by Gasteiger charge is 2.37. The van der Waals surface area contributed by atoms with E-state index in [1.807, 2.05) is 18.2 Å². The number of H-pyrrole nitrogens is 1. The minimum Gasteiger partial charge on any atom is -0.480 e. The third-order valence-electron chi connectivity index (χ3n) is 11.8. The number of carboxylic acid groups (broad SMARTS) is 1.